The molecular weight excluding hydrogens is 324 g/mol. The van der Waals surface area contributed by atoms with Crippen LogP contribution in [-0.2, 0) is 22.4 Å². The van der Waals surface area contributed by atoms with Crippen LogP contribution in [0.1, 0.15) is 27.7 Å². The maximum absolute atomic E-state index is 3.25. The molecule has 0 radical (unpaired) electrons. The number of hydrogen-bond donors (Lipinski definition) is 0. The van der Waals surface area contributed by atoms with Crippen molar-refractivity contribution < 1.29 is 22.4 Å². The van der Waals surface area contributed by atoms with E-state index in [0.717, 1.165) is 0 Å². The van der Waals surface area contributed by atoms with Gasteiger partial charge in [0.25, 0.3) is 0 Å². The molecule has 0 fully saturated rings. The molecule has 0 amide bonds. The van der Waals surface area contributed by atoms with Gasteiger partial charge in [-0.25, -0.2) is 0 Å². The van der Waals surface area contributed by atoms with Gasteiger partial charge in [0.1, 0.15) is 0 Å². The second kappa shape index (κ2) is 16.6. The first-order chi connectivity index (χ1) is 4.35. The standard InChI is InChI=1S/C6H15P.C2H5.Au/c1-4-7(5-2)6-3;1-2;/h4-6H2,1-3H3;1H2,2H3;/q;-1;+1. The van der Waals surface area contributed by atoms with Crippen molar-refractivity contribution in [3.63, 3.8) is 0 Å². The van der Waals surface area contributed by atoms with Gasteiger partial charge in [-0.05, 0) is 18.5 Å². The van der Waals surface area contributed by atoms with Gasteiger partial charge in [-0.1, -0.05) is 20.8 Å². The molecule has 0 aromatic carbocycles. The zero-order valence-electron chi connectivity index (χ0n) is 7.58. The van der Waals surface area contributed by atoms with Crippen LogP contribution in [0.15, 0.2) is 0 Å². The molecule has 0 aliphatic rings. The Labute approximate surface area is 83.4 Å². The van der Waals surface area contributed by atoms with E-state index in [1.54, 1.807) is 6.92 Å². The molecule has 10 heavy (non-hydrogen) atoms. The van der Waals surface area contributed by atoms with E-state index >= 15 is 0 Å². The van der Waals surface area contributed by atoms with E-state index < -0.39 is 0 Å². The van der Waals surface area contributed by atoms with Crippen molar-refractivity contribution >= 4 is 7.92 Å². The molecule has 0 N–H and O–H groups in total. The Morgan fingerprint density at radius 3 is 1.10 bits per heavy atom. The van der Waals surface area contributed by atoms with Crippen LogP contribution in [0.4, 0.5) is 0 Å². The summed E-state index contributed by atoms with van der Waals surface area (Å²) in [4.78, 5) is 0. The normalized spacial score (nSPS) is 7.80. The average molecular weight is 344 g/mol. The summed E-state index contributed by atoms with van der Waals surface area (Å²) < 4.78 is 0. The minimum absolute atomic E-state index is 0. The average Bonchev–Trinajstić information content (AvgIpc) is 1.96. The Morgan fingerprint density at radius 1 is 0.900 bits per heavy atom. The quantitative estimate of drug-likeness (QED) is 0.418. The van der Waals surface area contributed by atoms with E-state index in [2.05, 4.69) is 27.7 Å². The van der Waals surface area contributed by atoms with Gasteiger partial charge >= 0.3 is 22.4 Å². The first-order valence-electron chi connectivity index (χ1n) is 3.78. The summed E-state index contributed by atoms with van der Waals surface area (Å²) in [6.45, 7) is 11.9. The van der Waals surface area contributed by atoms with E-state index in [0.29, 0.717) is 7.92 Å². The van der Waals surface area contributed by atoms with Crippen molar-refractivity contribution in [2.24, 2.45) is 0 Å². The Balaban J connectivity index is -0.000000149. The molecule has 0 spiro atoms. The van der Waals surface area contributed by atoms with Crippen molar-refractivity contribution in [1.29, 1.82) is 0 Å². The summed E-state index contributed by atoms with van der Waals surface area (Å²) in [6, 6.07) is 0. The van der Waals surface area contributed by atoms with E-state index in [1.165, 1.54) is 18.5 Å². The van der Waals surface area contributed by atoms with Crippen molar-refractivity contribution in [2.45, 2.75) is 27.7 Å². The summed E-state index contributed by atoms with van der Waals surface area (Å²) in [7, 11) is 0.446. The van der Waals surface area contributed by atoms with Crippen LogP contribution in [-0.4, -0.2) is 18.5 Å². The Kier molecular flexibility index (Phi) is 28.8. The van der Waals surface area contributed by atoms with Crippen molar-refractivity contribution in [1.82, 2.24) is 0 Å². The van der Waals surface area contributed by atoms with E-state index in [4.69, 9.17) is 0 Å². The molecule has 0 saturated carbocycles. The van der Waals surface area contributed by atoms with Gasteiger partial charge in [0.2, 0.25) is 0 Å². The maximum atomic E-state index is 3.25. The third kappa shape index (κ3) is 11.9. The minimum atomic E-state index is 0. The first kappa shape index (κ1) is 17.3. The Hall–Kier alpha value is 1.17. The van der Waals surface area contributed by atoms with Gasteiger partial charge in [0.05, 0.1) is 0 Å². The molecule has 0 aliphatic carbocycles. The van der Waals surface area contributed by atoms with Crippen LogP contribution >= 0.6 is 7.92 Å². The number of rotatable bonds is 3. The Bertz CT molecular complexity index is 30.7. The van der Waals surface area contributed by atoms with Crippen molar-refractivity contribution in [2.75, 3.05) is 18.5 Å². The van der Waals surface area contributed by atoms with E-state index in [-0.39, 0.29) is 22.4 Å². The van der Waals surface area contributed by atoms with Crippen LogP contribution < -0.4 is 0 Å². The molecule has 0 atom stereocenters. The van der Waals surface area contributed by atoms with Crippen molar-refractivity contribution in [3.8, 4) is 0 Å². The predicted molar refractivity (Wildman–Crippen MR) is 49.6 cm³/mol. The van der Waals surface area contributed by atoms with Gasteiger partial charge in [0, 0.05) is 0 Å². The van der Waals surface area contributed by atoms with Crippen LogP contribution in [0.25, 0.3) is 0 Å². The summed E-state index contributed by atoms with van der Waals surface area (Å²) in [6.07, 6.45) is 4.26. The minimum Gasteiger partial charge on any atom is -0.346 e. The van der Waals surface area contributed by atoms with Crippen molar-refractivity contribution in [3.05, 3.63) is 6.92 Å². The monoisotopic (exact) mass is 344 g/mol. The molecule has 2 heteroatoms. The van der Waals surface area contributed by atoms with Gasteiger partial charge in [-0.2, -0.15) is 6.92 Å². The summed E-state index contributed by atoms with van der Waals surface area (Å²) in [5.74, 6) is 0. The van der Waals surface area contributed by atoms with Crippen LogP contribution in [0.5, 0.6) is 0 Å². The smallest absolute Gasteiger partial charge is 0.346 e. The second-order valence-electron chi connectivity index (χ2n) is 1.62. The zero-order valence-corrected chi connectivity index (χ0v) is 10.6. The molecule has 0 saturated heterocycles. The second-order valence-corrected chi connectivity index (χ2v) is 4.86. The molecule has 0 unspecified atom stereocenters. The summed E-state index contributed by atoms with van der Waals surface area (Å²) in [5.41, 5.74) is 0. The SMILES string of the molecule is CCP(CC)CC.[Au+].[CH2-]C. The molecular formula is C8H20AuP. The molecule has 0 aliphatic heterocycles. The molecule has 0 rings (SSSR count). The molecule has 68 valence electrons. The topological polar surface area (TPSA) is 0 Å². The molecule has 0 heterocycles. The van der Waals surface area contributed by atoms with Crippen LogP contribution in [0.3, 0.4) is 0 Å². The Morgan fingerprint density at radius 2 is 1.10 bits per heavy atom. The molecule has 0 nitrogen and oxygen atoms in total. The third-order valence-electron chi connectivity index (χ3n) is 1.34. The molecule has 0 aromatic heterocycles. The molecule has 0 aromatic rings. The third-order valence-corrected chi connectivity index (χ3v) is 4.02. The number of hydrogen-bond acceptors (Lipinski definition) is 0. The van der Waals surface area contributed by atoms with Gasteiger partial charge in [-0.15, -0.1) is 7.92 Å². The predicted octanol–water partition coefficient (Wildman–Crippen LogP) is 3.37. The molecule has 0 bridgehead atoms. The van der Waals surface area contributed by atoms with E-state index in [1.807, 2.05) is 0 Å². The van der Waals surface area contributed by atoms with E-state index in [9.17, 15) is 0 Å². The fraction of sp³-hybridized carbons (Fsp3) is 0.875. The van der Waals surface area contributed by atoms with Gasteiger partial charge in [0.15, 0.2) is 0 Å². The fourth-order valence-electron chi connectivity index (χ4n) is 0.671. The maximum Gasteiger partial charge on any atom is 1.00 e. The van der Waals surface area contributed by atoms with Crippen LogP contribution in [0.2, 0.25) is 0 Å². The fourth-order valence-corrected chi connectivity index (χ4v) is 2.01. The summed E-state index contributed by atoms with van der Waals surface area (Å²) >= 11 is 0. The summed E-state index contributed by atoms with van der Waals surface area (Å²) in [5, 5.41) is 0. The van der Waals surface area contributed by atoms with Crippen LogP contribution in [0, 0.1) is 6.92 Å². The van der Waals surface area contributed by atoms with Gasteiger partial charge < -0.3 is 6.92 Å². The zero-order chi connectivity index (χ0) is 7.70. The first-order valence-corrected chi connectivity index (χ1v) is 5.67. The van der Waals surface area contributed by atoms with Gasteiger partial charge in [-0.3, -0.25) is 0 Å². The largest absolute Gasteiger partial charge is 1.00 e.